The monoisotopic (exact) mass is 308 g/mol. The molecule has 3 aromatic rings. The molecular weight excluding hydrogens is 288 g/mol. The number of hydrogen-bond donors (Lipinski definition) is 2. The molecule has 23 heavy (non-hydrogen) atoms. The summed E-state index contributed by atoms with van der Waals surface area (Å²) >= 11 is 0. The first-order valence-electron chi connectivity index (χ1n) is 7.62. The van der Waals surface area contributed by atoms with Gasteiger partial charge in [-0.25, -0.2) is 4.98 Å². The fraction of sp³-hybridized carbons (Fsp3) is 0.222. The predicted octanol–water partition coefficient (Wildman–Crippen LogP) is 3.64. The maximum Gasteiger partial charge on any atom is 0.156 e. The summed E-state index contributed by atoms with van der Waals surface area (Å²) in [6, 6.07) is 5.45. The molecule has 3 rings (SSSR count). The van der Waals surface area contributed by atoms with Gasteiger partial charge in [0.25, 0.3) is 0 Å². The zero-order valence-corrected chi connectivity index (χ0v) is 13.5. The van der Waals surface area contributed by atoms with Crippen molar-refractivity contribution >= 4 is 22.9 Å². The number of phenols is 1. The van der Waals surface area contributed by atoms with Crippen LogP contribution in [-0.2, 0) is 6.42 Å². The summed E-state index contributed by atoms with van der Waals surface area (Å²) in [5.41, 5.74) is 5.95. The number of benzene rings is 1. The molecule has 1 aromatic carbocycles. The van der Waals surface area contributed by atoms with Crippen molar-refractivity contribution in [3.05, 3.63) is 53.6 Å². The quantitative estimate of drug-likeness (QED) is 0.772. The molecule has 0 saturated heterocycles. The first-order valence-corrected chi connectivity index (χ1v) is 7.62. The first-order chi connectivity index (χ1) is 11.1. The molecule has 0 atom stereocenters. The highest BCUT2D eigenvalue weighted by molar-refractivity contribution is 5.80. The van der Waals surface area contributed by atoms with Crippen molar-refractivity contribution in [1.82, 2.24) is 15.0 Å². The molecule has 2 aromatic heterocycles. The standard InChI is InChI=1S/C18H20N4O/c1-4-13-11-14(23)5-6-16(13)22(3)10-7-15-12(2)17-18(21-15)20-9-8-19-17/h5-11,23H,4H2,1-3H3,(H,20,21)/b10-7+. The van der Waals surface area contributed by atoms with Gasteiger partial charge in [0, 0.05) is 42.6 Å². The Hall–Kier alpha value is -2.82. The summed E-state index contributed by atoms with van der Waals surface area (Å²) < 4.78 is 0. The highest BCUT2D eigenvalue weighted by atomic mass is 16.3. The third kappa shape index (κ3) is 2.90. The van der Waals surface area contributed by atoms with Crippen LogP contribution >= 0.6 is 0 Å². The van der Waals surface area contributed by atoms with Gasteiger partial charge in [-0.2, -0.15) is 0 Å². The minimum absolute atomic E-state index is 0.298. The SMILES string of the molecule is CCc1cc(O)ccc1N(C)/C=C/c1[nH]c2nccnc2c1C. The van der Waals surface area contributed by atoms with Gasteiger partial charge in [0.1, 0.15) is 11.3 Å². The van der Waals surface area contributed by atoms with Crippen molar-refractivity contribution < 1.29 is 5.11 Å². The van der Waals surface area contributed by atoms with Crippen LogP contribution < -0.4 is 4.90 Å². The highest BCUT2D eigenvalue weighted by Crippen LogP contribution is 2.25. The third-order valence-electron chi connectivity index (χ3n) is 4.00. The van der Waals surface area contributed by atoms with E-state index in [1.807, 2.05) is 43.3 Å². The van der Waals surface area contributed by atoms with Crippen LogP contribution in [0.15, 0.2) is 36.8 Å². The average Bonchev–Trinajstić information content (AvgIpc) is 2.89. The lowest BCUT2D eigenvalue weighted by Crippen LogP contribution is -2.10. The van der Waals surface area contributed by atoms with Crippen molar-refractivity contribution in [1.29, 1.82) is 0 Å². The van der Waals surface area contributed by atoms with Crippen molar-refractivity contribution in [3.63, 3.8) is 0 Å². The molecule has 5 heteroatoms. The molecule has 5 nitrogen and oxygen atoms in total. The second-order valence-electron chi connectivity index (χ2n) is 5.51. The molecule has 2 N–H and O–H groups in total. The van der Waals surface area contributed by atoms with Gasteiger partial charge in [0.2, 0.25) is 0 Å². The van der Waals surface area contributed by atoms with Crippen molar-refractivity contribution in [3.8, 4) is 5.75 Å². The van der Waals surface area contributed by atoms with E-state index in [-0.39, 0.29) is 0 Å². The van der Waals surface area contributed by atoms with Crippen molar-refractivity contribution in [2.75, 3.05) is 11.9 Å². The number of fused-ring (bicyclic) bond motifs is 1. The lowest BCUT2D eigenvalue weighted by atomic mass is 10.1. The summed E-state index contributed by atoms with van der Waals surface area (Å²) in [4.78, 5) is 14.0. The van der Waals surface area contributed by atoms with E-state index in [1.54, 1.807) is 18.5 Å². The van der Waals surface area contributed by atoms with E-state index in [0.29, 0.717) is 5.75 Å². The second kappa shape index (κ2) is 6.12. The normalized spacial score (nSPS) is 11.4. The molecule has 0 spiro atoms. The Labute approximate surface area is 135 Å². The summed E-state index contributed by atoms with van der Waals surface area (Å²) in [7, 11) is 2.00. The number of aromatic hydroxyl groups is 1. The summed E-state index contributed by atoms with van der Waals surface area (Å²) in [5, 5.41) is 9.62. The second-order valence-corrected chi connectivity index (χ2v) is 5.51. The number of rotatable bonds is 4. The zero-order chi connectivity index (χ0) is 16.4. The van der Waals surface area contributed by atoms with Gasteiger partial charge in [-0.3, -0.25) is 4.98 Å². The number of H-pyrrole nitrogens is 1. The van der Waals surface area contributed by atoms with Gasteiger partial charge in [-0.05, 0) is 43.2 Å². The minimum atomic E-state index is 0.298. The molecule has 0 saturated carbocycles. The van der Waals surface area contributed by atoms with E-state index in [2.05, 4.69) is 21.9 Å². The van der Waals surface area contributed by atoms with E-state index < -0.39 is 0 Å². The Kier molecular flexibility index (Phi) is 4.02. The molecule has 0 amide bonds. The number of anilines is 1. The molecular formula is C18H20N4O. The average molecular weight is 308 g/mol. The molecule has 0 aliphatic carbocycles. The fourth-order valence-electron chi connectivity index (χ4n) is 2.69. The van der Waals surface area contributed by atoms with Crippen LogP contribution in [0.4, 0.5) is 5.69 Å². The maximum atomic E-state index is 9.62. The molecule has 2 heterocycles. The lowest BCUT2D eigenvalue weighted by molar-refractivity contribution is 0.474. The molecule has 0 aliphatic rings. The Bertz CT molecular complexity index is 867. The molecule has 0 aliphatic heterocycles. The lowest BCUT2D eigenvalue weighted by Gasteiger charge is -2.18. The number of nitrogens with one attached hydrogen (secondary N) is 1. The Morgan fingerprint density at radius 2 is 2.04 bits per heavy atom. The first kappa shape index (κ1) is 15.1. The third-order valence-corrected chi connectivity index (χ3v) is 4.00. The molecule has 0 fully saturated rings. The topological polar surface area (TPSA) is 65.0 Å². The Morgan fingerprint density at radius 1 is 1.26 bits per heavy atom. The fourth-order valence-corrected chi connectivity index (χ4v) is 2.69. The smallest absolute Gasteiger partial charge is 0.156 e. The summed E-state index contributed by atoms with van der Waals surface area (Å²) in [5.74, 6) is 0.298. The van der Waals surface area contributed by atoms with Gasteiger partial charge < -0.3 is 15.0 Å². The van der Waals surface area contributed by atoms with Crippen LogP contribution in [0.3, 0.4) is 0 Å². The van der Waals surface area contributed by atoms with Gasteiger partial charge in [0.15, 0.2) is 5.65 Å². The van der Waals surface area contributed by atoms with E-state index in [1.165, 1.54) is 0 Å². The maximum absolute atomic E-state index is 9.62. The van der Waals surface area contributed by atoms with E-state index in [9.17, 15) is 5.11 Å². The van der Waals surface area contributed by atoms with Crippen LogP contribution in [0.1, 0.15) is 23.7 Å². The van der Waals surface area contributed by atoms with Crippen LogP contribution in [0, 0.1) is 6.92 Å². The summed E-state index contributed by atoms with van der Waals surface area (Å²) in [6.07, 6.45) is 8.27. The molecule has 0 unspecified atom stereocenters. The minimum Gasteiger partial charge on any atom is -0.508 e. The van der Waals surface area contributed by atoms with Gasteiger partial charge in [-0.1, -0.05) is 6.92 Å². The Balaban J connectivity index is 1.91. The van der Waals surface area contributed by atoms with Gasteiger partial charge in [-0.15, -0.1) is 0 Å². The highest BCUT2D eigenvalue weighted by Gasteiger charge is 2.08. The molecule has 0 bridgehead atoms. The van der Waals surface area contributed by atoms with Crippen LogP contribution in [-0.4, -0.2) is 27.1 Å². The number of aryl methyl sites for hydroxylation is 2. The number of aromatic nitrogens is 3. The molecule has 118 valence electrons. The van der Waals surface area contributed by atoms with E-state index in [0.717, 1.165) is 40.1 Å². The van der Waals surface area contributed by atoms with E-state index in [4.69, 9.17) is 0 Å². The van der Waals surface area contributed by atoms with Crippen molar-refractivity contribution in [2.24, 2.45) is 0 Å². The van der Waals surface area contributed by atoms with Crippen LogP contribution in [0.25, 0.3) is 17.2 Å². The largest absolute Gasteiger partial charge is 0.508 e. The van der Waals surface area contributed by atoms with Crippen molar-refractivity contribution in [2.45, 2.75) is 20.3 Å². The predicted molar refractivity (Wildman–Crippen MR) is 93.5 cm³/mol. The van der Waals surface area contributed by atoms with Gasteiger partial charge >= 0.3 is 0 Å². The number of hydrogen-bond acceptors (Lipinski definition) is 4. The van der Waals surface area contributed by atoms with Crippen LogP contribution in [0.2, 0.25) is 0 Å². The number of nitrogens with zero attached hydrogens (tertiary/aromatic N) is 3. The van der Waals surface area contributed by atoms with Gasteiger partial charge in [0.05, 0.1) is 0 Å². The molecule has 0 radical (unpaired) electrons. The Morgan fingerprint density at radius 3 is 2.78 bits per heavy atom. The van der Waals surface area contributed by atoms with E-state index >= 15 is 0 Å². The zero-order valence-electron chi connectivity index (χ0n) is 13.5. The van der Waals surface area contributed by atoms with Crippen LogP contribution in [0.5, 0.6) is 5.75 Å². The number of aromatic amines is 1. The summed E-state index contributed by atoms with van der Waals surface area (Å²) in [6.45, 7) is 4.11. The number of phenolic OH excluding ortho intramolecular Hbond substituents is 1.